The Morgan fingerprint density at radius 3 is 2.68 bits per heavy atom. The van der Waals surface area contributed by atoms with Gasteiger partial charge in [-0.25, -0.2) is 4.39 Å². The smallest absolute Gasteiger partial charge is 0.254 e. The number of halogens is 1. The van der Waals surface area contributed by atoms with Crippen LogP contribution in [0.25, 0.3) is 0 Å². The average Bonchev–Trinajstić information content (AvgIpc) is 2.37. The fourth-order valence-corrected chi connectivity index (χ4v) is 1.64. The summed E-state index contributed by atoms with van der Waals surface area (Å²) in [6.07, 6.45) is 0.857. The summed E-state index contributed by atoms with van der Waals surface area (Å²) in [6, 6.07) is 6.21. The van der Waals surface area contributed by atoms with Gasteiger partial charge in [0.1, 0.15) is 5.82 Å². The first-order valence-corrected chi connectivity index (χ1v) is 6.14. The summed E-state index contributed by atoms with van der Waals surface area (Å²) in [5.74, 6) is -1.04. The Labute approximate surface area is 112 Å². The van der Waals surface area contributed by atoms with Crippen molar-refractivity contribution in [3.63, 3.8) is 0 Å². The van der Waals surface area contributed by atoms with E-state index in [1.807, 2.05) is 13.0 Å². The molecule has 0 bridgehead atoms. The fraction of sp³-hybridized carbons (Fsp3) is 0.429. The molecule has 0 saturated carbocycles. The van der Waals surface area contributed by atoms with E-state index in [1.165, 1.54) is 12.1 Å². The van der Waals surface area contributed by atoms with E-state index >= 15 is 0 Å². The lowest BCUT2D eigenvalue weighted by molar-refractivity contribution is 0.0932. The number of carbonyl (C=O) groups excluding carboxylic acids is 1. The first-order chi connectivity index (χ1) is 8.99. The summed E-state index contributed by atoms with van der Waals surface area (Å²) in [5, 5.41) is 11.3. The fourth-order valence-electron chi connectivity index (χ4n) is 1.64. The molecule has 0 fully saturated rings. The van der Waals surface area contributed by atoms with E-state index in [1.54, 1.807) is 25.1 Å². The molecule has 1 aromatic carbocycles. The Morgan fingerprint density at radius 1 is 1.53 bits per heavy atom. The SMILES string of the molecule is CC[C@H](CC#N)NC(=O)c1ccc(N(C)C)cc1F. The molecule has 5 heteroatoms. The molecular formula is C14H18FN3O. The first kappa shape index (κ1) is 15.0. The molecule has 0 spiro atoms. The van der Waals surface area contributed by atoms with Crippen LogP contribution in [0.4, 0.5) is 10.1 Å². The van der Waals surface area contributed by atoms with Gasteiger partial charge in [-0.1, -0.05) is 6.92 Å². The lowest BCUT2D eigenvalue weighted by Crippen LogP contribution is -2.34. The van der Waals surface area contributed by atoms with Gasteiger partial charge in [-0.05, 0) is 24.6 Å². The van der Waals surface area contributed by atoms with Crippen molar-refractivity contribution in [2.24, 2.45) is 0 Å². The van der Waals surface area contributed by atoms with Gasteiger partial charge in [-0.15, -0.1) is 0 Å². The van der Waals surface area contributed by atoms with E-state index in [4.69, 9.17) is 5.26 Å². The van der Waals surface area contributed by atoms with Gasteiger partial charge < -0.3 is 10.2 Å². The summed E-state index contributed by atoms with van der Waals surface area (Å²) in [5.41, 5.74) is 0.695. The molecule has 0 radical (unpaired) electrons. The van der Waals surface area contributed by atoms with Gasteiger partial charge in [0, 0.05) is 25.8 Å². The summed E-state index contributed by atoms with van der Waals surface area (Å²) in [4.78, 5) is 13.7. The van der Waals surface area contributed by atoms with E-state index < -0.39 is 11.7 Å². The normalized spacial score (nSPS) is 11.5. The van der Waals surface area contributed by atoms with E-state index in [0.29, 0.717) is 12.1 Å². The zero-order valence-electron chi connectivity index (χ0n) is 11.4. The molecule has 0 saturated heterocycles. The van der Waals surface area contributed by atoms with Crippen molar-refractivity contribution in [2.75, 3.05) is 19.0 Å². The number of benzene rings is 1. The molecular weight excluding hydrogens is 245 g/mol. The van der Waals surface area contributed by atoms with Crippen LogP contribution in [0.1, 0.15) is 30.1 Å². The molecule has 0 aliphatic rings. The molecule has 1 atom stereocenters. The third kappa shape index (κ3) is 3.95. The number of anilines is 1. The minimum Gasteiger partial charge on any atom is -0.378 e. The van der Waals surface area contributed by atoms with Gasteiger partial charge in [0.2, 0.25) is 0 Å². The lowest BCUT2D eigenvalue weighted by atomic mass is 10.1. The quantitative estimate of drug-likeness (QED) is 0.887. The Hall–Kier alpha value is -2.09. The molecule has 0 aliphatic carbocycles. The molecule has 1 amide bonds. The van der Waals surface area contributed by atoms with Crippen molar-refractivity contribution in [1.82, 2.24) is 5.32 Å². The van der Waals surface area contributed by atoms with Crippen LogP contribution >= 0.6 is 0 Å². The van der Waals surface area contributed by atoms with Crippen LogP contribution < -0.4 is 10.2 Å². The summed E-state index contributed by atoms with van der Waals surface area (Å²) >= 11 is 0. The van der Waals surface area contributed by atoms with Crippen molar-refractivity contribution in [2.45, 2.75) is 25.8 Å². The highest BCUT2D eigenvalue weighted by Crippen LogP contribution is 2.17. The van der Waals surface area contributed by atoms with Gasteiger partial charge in [0.25, 0.3) is 5.91 Å². The second-order valence-corrected chi connectivity index (χ2v) is 4.50. The average molecular weight is 263 g/mol. The van der Waals surface area contributed by atoms with Crippen LogP contribution in [0.3, 0.4) is 0 Å². The minimum absolute atomic E-state index is 0.00184. The molecule has 0 heterocycles. The number of nitriles is 1. The van der Waals surface area contributed by atoms with Crippen LogP contribution in [0, 0.1) is 17.1 Å². The largest absolute Gasteiger partial charge is 0.378 e. The molecule has 19 heavy (non-hydrogen) atoms. The predicted octanol–water partition coefficient (Wildman–Crippen LogP) is 2.31. The molecule has 1 rings (SSSR count). The molecule has 0 aliphatic heterocycles. The van der Waals surface area contributed by atoms with E-state index in [-0.39, 0.29) is 18.0 Å². The second-order valence-electron chi connectivity index (χ2n) is 4.50. The third-order valence-corrected chi connectivity index (χ3v) is 2.88. The summed E-state index contributed by atoms with van der Waals surface area (Å²) in [6.45, 7) is 1.87. The zero-order valence-corrected chi connectivity index (χ0v) is 11.4. The molecule has 1 aromatic rings. The van der Waals surface area contributed by atoms with Crippen LogP contribution in [-0.2, 0) is 0 Å². The van der Waals surface area contributed by atoms with Gasteiger partial charge in [0.05, 0.1) is 18.1 Å². The van der Waals surface area contributed by atoms with Crippen LogP contribution in [0.5, 0.6) is 0 Å². The number of hydrogen-bond acceptors (Lipinski definition) is 3. The highest BCUT2D eigenvalue weighted by atomic mass is 19.1. The topological polar surface area (TPSA) is 56.1 Å². The second kappa shape index (κ2) is 6.74. The number of nitrogens with zero attached hydrogens (tertiary/aromatic N) is 2. The van der Waals surface area contributed by atoms with Crippen LogP contribution in [0.2, 0.25) is 0 Å². The molecule has 102 valence electrons. The van der Waals surface area contributed by atoms with Crippen molar-refractivity contribution >= 4 is 11.6 Å². The first-order valence-electron chi connectivity index (χ1n) is 6.14. The Bertz CT molecular complexity index is 494. The molecule has 4 nitrogen and oxygen atoms in total. The minimum atomic E-state index is -0.560. The predicted molar refractivity (Wildman–Crippen MR) is 72.5 cm³/mol. The van der Waals surface area contributed by atoms with Crippen molar-refractivity contribution in [1.29, 1.82) is 5.26 Å². The standard InChI is InChI=1S/C14H18FN3O/c1-4-10(7-8-16)17-14(19)12-6-5-11(18(2)3)9-13(12)15/h5-6,9-10H,4,7H2,1-3H3,(H,17,19)/t10-/m1/s1. The summed E-state index contributed by atoms with van der Waals surface area (Å²) in [7, 11) is 3.60. The zero-order chi connectivity index (χ0) is 14.4. The molecule has 0 aromatic heterocycles. The lowest BCUT2D eigenvalue weighted by Gasteiger charge is -2.16. The van der Waals surface area contributed by atoms with Crippen LogP contribution in [0.15, 0.2) is 18.2 Å². The van der Waals surface area contributed by atoms with Crippen molar-refractivity contribution in [3.8, 4) is 6.07 Å². The third-order valence-electron chi connectivity index (χ3n) is 2.88. The molecule has 0 unspecified atom stereocenters. The maximum atomic E-state index is 13.8. The van der Waals surface area contributed by atoms with Crippen LogP contribution in [-0.4, -0.2) is 26.0 Å². The summed E-state index contributed by atoms with van der Waals surface area (Å²) < 4.78 is 13.8. The van der Waals surface area contributed by atoms with E-state index in [0.717, 1.165) is 0 Å². The number of nitrogens with one attached hydrogen (secondary N) is 1. The van der Waals surface area contributed by atoms with E-state index in [2.05, 4.69) is 5.32 Å². The number of amides is 1. The number of hydrogen-bond donors (Lipinski definition) is 1. The van der Waals surface area contributed by atoms with Crippen molar-refractivity contribution in [3.05, 3.63) is 29.6 Å². The Balaban J connectivity index is 2.86. The van der Waals surface area contributed by atoms with Gasteiger partial charge >= 0.3 is 0 Å². The molecule has 1 N–H and O–H groups in total. The van der Waals surface area contributed by atoms with E-state index in [9.17, 15) is 9.18 Å². The van der Waals surface area contributed by atoms with Gasteiger partial charge in [-0.3, -0.25) is 4.79 Å². The van der Waals surface area contributed by atoms with Gasteiger partial charge in [-0.2, -0.15) is 5.26 Å². The Kier molecular flexibility index (Phi) is 5.31. The highest BCUT2D eigenvalue weighted by Gasteiger charge is 2.16. The maximum absolute atomic E-state index is 13.8. The monoisotopic (exact) mass is 263 g/mol. The van der Waals surface area contributed by atoms with Gasteiger partial charge in [0.15, 0.2) is 0 Å². The number of rotatable bonds is 5. The Morgan fingerprint density at radius 2 is 2.21 bits per heavy atom. The maximum Gasteiger partial charge on any atom is 0.254 e. The number of carbonyl (C=O) groups is 1. The van der Waals surface area contributed by atoms with Crippen molar-refractivity contribution < 1.29 is 9.18 Å². The highest BCUT2D eigenvalue weighted by molar-refractivity contribution is 5.95.